The monoisotopic (exact) mass is 283 g/mol. The summed E-state index contributed by atoms with van der Waals surface area (Å²) in [6.07, 6.45) is 2.74. The lowest BCUT2D eigenvalue weighted by atomic mass is 10.4. The van der Waals surface area contributed by atoms with Crippen LogP contribution in [0.3, 0.4) is 0 Å². The van der Waals surface area contributed by atoms with Crippen LogP contribution < -0.4 is 4.72 Å². The molecule has 0 atom stereocenters. The molecular formula is C12H17N3O3S. The van der Waals surface area contributed by atoms with E-state index in [4.69, 9.17) is 10.00 Å². The third kappa shape index (κ3) is 5.34. The molecule has 1 aromatic heterocycles. The molecule has 7 heteroatoms. The van der Waals surface area contributed by atoms with Crippen molar-refractivity contribution in [1.29, 1.82) is 5.26 Å². The molecule has 1 heterocycles. The van der Waals surface area contributed by atoms with Gasteiger partial charge in [0.05, 0.1) is 0 Å². The van der Waals surface area contributed by atoms with Crippen LogP contribution in [0.25, 0.3) is 0 Å². The first-order valence-electron chi connectivity index (χ1n) is 6.03. The maximum Gasteiger partial charge on any atom is 0.242 e. The van der Waals surface area contributed by atoms with Crippen molar-refractivity contribution in [2.45, 2.75) is 24.7 Å². The number of nitrogens with one attached hydrogen (secondary N) is 1. The molecule has 1 rings (SSSR count). The lowest BCUT2D eigenvalue weighted by Crippen LogP contribution is -2.25. The van der Waals surface area contributed by atoms with Crippen LogP contribution >= 0.6 is 0 Å². The van der Waals surface area contributed by atoms with Crippen molar-refractivity contribution in [3.05, 3.63) is 24.0 Å². The van der Waals surface area contributed by atoms with Gasteiger partial charge in [0.2, 0.25) is 10.0 Å². The van der Waals surface area contributed by atoms with Crippen molar-refractivity contribution < 1.29 is 13.2 Å². The second-order valence-electron chi connectivity index (χ2n) is 3.85. The van der Waals surface area contributed by atoms with Gasteiger partial charge in [-0.2, -0.15) is 5.26 Å². The van der Waals surface area contributed by atoms with E-state index in [2.05, 4.69) is 9.71 Å². The largest absolute Gasteiger partial charge is 0.381 e. The zero-order chi connectivity index (χ0) is 14.1. The maximum absolute atomic E-state index is 11.8. The number of ether oxygens (including phenoxy) is 1. The Bertz CT molecular complexity index is 520. The number of pyridine rings is 1. The minimum Gasteiger partial charge on any atom is -0.381 e. The minimum atomic E-state index is -3.56. The molecule has 6 nitrogen and oxygen atoms in total. The topological polar surface area (TPSA) is 92.1 Å². The number of rotatable bonds is 8. The smallest absolute Gasteiger partial charge is 0.242 e. The van der Waals surface area contributed by atoms with Gasteiger partial charge in [-0.25, -0.2) is 18.1 Å². The minimum absolute atomic E-state index is 0.0565. The summed E-state index contributed by atoms with van der Waals surface area (Å²) in [6.45, 7) is 3.54. The number of nitriles is 1. The summed E-state index contributed by atoms with van der Waals surface area (Å²) in [5, 5.41) is 8.58. The summed E-state index contributed by atoms with van der Waals surface area (Å²) in [4.78, 5) is 3.78. The second kappa shape index (κ2) is 7.84. The Morgan fingerprint density at radius 3 is 2.79 bits per heavy atom. The Morgan fingerprint density at radius 2 is 2.21 bits per heavy atom. The highest BCUT2D eigenvalue weighted by Crippen LogP contribution is 2.07. The fourth-order valence-electron chi connectivity index (χ4n) is 1.32. The average molecular weight is 283 g/mol. The van der Waals surface area contributed by atoms with Crippen molar-refractivity contribution >= 4 is 10.0 Å². The molecule has 0 fully saturated rings. The highest BCUT2D eigenvalue weighted by Gasteiger charge is 2.13. The summed E-state index contributed by atoms with van der Waals surface area (Å²) < 4.78 is 31.4. The molecule has 0 aliphatic heterocycles. The number of aromatic nitrogens is 1. The zero-order valence-electron chi connectivity index (χ0n) is 10.8. The molecule has 0 amide bonds. The molecule has 0 spiro atoms. The maximum atomic E-state index is 11.8. The predicted octanol–water partition coefficient (Wildman–Crippen LogP) is 1.05. The van der Waals surface area contributed by atoms with Crippen LogP contribution in [0.15, 0.2) is 23.2 Å². The molecule has 0 aromatic carbocycles. The Labute approximate surface area is 113 Å². The molecule has 0 saturated heterocycles. The van der Waals surface area contributed by atoms with E-state index in [9.17, 15) is 8.42 Å². The fraction of sp³-hybridized carbons (Fsp3) is 0.500. The number of sulfonamides is 1. The number of hydrogen-bond acceptors (Lipinski definition) is 5. The zero-order valence-corrected chi connectivity index (χ0v) is 11.6. The highest BCUT2D eigenvalue weighted by molar-refractivity contribution is 7.89. The van der Waals surface area contributed by atoms with E-state index < -0.39 is 10.0 Å². The normalized spacial score (nSPS) is 11.2. The summed E-state index contributed by atoms with van der Waals surface area (Å²) >= 11 is 0. The molecule has 19 heavy (non-hydrogen) atoms. The van der Waals surface area contributed by atoms with E-state index in [0.29, 0.717) is 26.2 Å². The van der Waals surface area contributed by atoms with Crippen LogP contribution in [0.5, 0.6) is 0 Å². The molecule has 1 aromatic rings. The van der Waals surface area contributed by atoms with Crippen LogP contribution in [0.2, 0.25) is 0 Å². The molecule has 104 valence electrons. The standard InChI is InChI=1S/C12H17N3O3S/c1-2-7-18-8-3-6-15-19(16,17)12-5-4-11(9-13)14-10-12/h4-5,10,15H,2-3,6-8H2,1H3. The Morgan fingerprint density at radius 1 is 1.42 bits per heavy atom. The molecular weight excluding hydrogens is 266 g/mol. The molecule has 0 aliphatic carbocycles. The van der Waals surface area contributed by atoms with Crippen molar-refractivity contribution in [2.24, 2.45) is 0 Å². The predicted molar refractivity (Wildman–Crippen MR) is 69.9 cm³/mol. The Balaban J connectivity index is 2.45. The lowest BCUT2D eigenvalue weighted by Gasteiger charge is -2.06. The van der Waals surface area contributed by atoms with E-state index in [1.165, 1.54) is 18.3 Å². The molecule has 0 saturated carbocycles. The van der Waals surface area contributed by atoms with Crippen LogP contribution in [0.1, 0.15) is 25.5 Å². The van der Waals surface area contributed by atoms with E-state index in [1.807, 2.05) is 13.0 Å². The number of nitrogens with zero attached hydrogens (tertiary/aromatic N) is 2. The molecule has 0 unspecified atom stereocenters. The van der Waals surface area contributed by atoms with Gasteiger partial charge in [-0.15, -0.1) is 0 Å². The molecule has 0 aliphatic rings. The average Bonchev–Trinajstić information content (AvgIpc) is 2.43. The van der Waals surface area contributed by atoms with E-state index >= 15 is 0 Å². The summed E-state index contributed by atoms with van der Waals surface area (Å²) in [5.74, 6) is 0. The Hall–Kier alpha value is -1.49. The highest BCUT2D eigenvalue weighted by atomic mass is 32.2. The fourth-order valence-corrected chi connectivity index (χ4v) is 2.33. The first-order chi connectivity index (χ1) is 9.10. The van der Waals surface area contributed by atoms with Gasteiger partial charge in [0.15, 0.2) is 0 Å². The lowest BCUT2D eigenvalue weighted by molar-refractivity contribution is 0.133. The van der Waals surface area contributed by atoms with Crippen LogP contribution in [0, 0.1) is 11.3 Å². The van der Waals surface area contributed by atoms with Gasteiger partial charge < -0.3 is 4.74 Å². The summed E-state index contributed by atoms with van der Waals surface area (Å²) in [7, 11) is -3.56. The van der Waals surface area contributed by atoms with Crippen molar-refractivity contribution in [2.75, 3.05) is 19.8 Å². The van der Waals surface area contributed by atoms with Crippen LogP contribution in [-0.4, -0.2) is 33.2 Å². The molecule has 1 N–H and O–H groups in total. The van der Waals surface area contributed by atoms with Gasteiger partial charge in [-0.05, 0) is 25.0 Å². The van der Waals surface area contributed by atoms with Gasteiger partial charge in [-0.1, -0.05) is 6.92 Å². The quantitative estimate of drug-likeness (QED) is 0.720. The van der Waals surface area contributed by atoms with Crippen LogP contribution in [-0.2, 0) is 14.8 Å². The van der Waals surface area contributed by atoms with Gasteiger partial charge in [0, 0.05) is 26.0 Å². The summed E-state index contributed by atoms with van der Waals surface area (Å²) in [5.41, 5.74) is 0.187. The van der Waals surface area contributed by atoms with Crippen molar-refractivity contribution in [3.63, 3.8) is 0 Å². The van der Waals surface area contributed by atoms with Gasteiger partial charge >= 0.3 is 0 Å². The van der Waals surface area contributed by atoms with E-state index in [-0.39, 0.29) is 10.6 Å². The van der Waals surface area contributed by atoms with Crippen molar-refractivity contribution in [3.8, 4) is 6.07 Å². The molecule has 0 radical (unpaired) electrons. The summed E-state index contributed by atoms with van der Waals surface area (Å²) in [6, 6.07) is 4.57. The third-order valence-electron chi connectivity index (χ3n) is 2.27. The van der Waals surface area contributed by atoms with Gasteiger partial charge in [0.25, 0.3) is 0 Å². The van der Waals surface area contributed by atoms with Crippen LogP contribution in [0.4, 0.5) is 0 Å². The Kier molecular flexibility index (Phi) is 6.42. The van der Waals surface area contributed by atoms with E-state index in [0.717, 1.165) is 6.42 Å². The second-order valence-corrected chi connectivity index (χ2v) is 5.62. The third-order valence-corrected chi connectivity index (χ3v) is 3.71. The number of hydrogen-bond donors (Lipinski definition) is 1. The van der Waals surface area contributed by atoms with Crippen molar-refractivity contribution in [1.82, 2.24) is 9.71 Å². The molecule has 0 bridgehead atoms. The first-order valence-corrected chi connectivity index (χ1v) is 7.52. The van der Waals surface area contributed by atoms with E-state index in [1.54, 1.807) is 0 Å². The van der Waals surface area contributed by atoms with Gasteiger partial charge in [0.1, 0.15) is 16.7 Å². The first kappa shape index (κ1) is 15.6. The van der Waals surface area contributed by atoms with Gasteiger partial charge in [-0.3, -0.25) is 0 Å². The SMILES string of the molecule is CCCOCCCNS(=O)(=O)c1ccc(C#N)nc1.